The second-order valence-corrected chi connectivity index (χ2v) is 9.29. The molecule has 4 rings (SSSR count). The summed E-state index contributed by atoms with van der Waals surface area (Å²) >= 11 is 6.98. The number of nitrogens with zero attached hydrogens (tertiary/aromatic N) is 5. The highest BCUT2D eigenvalue weighted by Crippen LogP contribution is 2.41. The van der Waals surface area contributed by atoms with Crippen molar-refractivity contribution in [1.82, 2.24) is 20.2 Å². The lowest BCUT2D eigenvalue weighted by atomic mass is 10.1. The summed E-state index contributed by atoms with van der Waals surface area (Å²) in [5.74, 6) is 1.41. The Bertz CT molecular complexity index is 1540. The zero-order chi connectivity index (χ0) is 28.6. The number of ether oxygens (including phenoxy) is 3. The highest BCUT2D eigenvalue weighted by Gasteiger charge is 2.21. The molecule has 0 fully saturated rings. The number of methoxy groups -OCH3 is 3. The first-order valence-corrected chi connectivity index (χ1v) is 12.9. The summed E-state index contributed by atoms with van der Waals surface area (Å²) < 4.78 is 18.2. The van der Waals surface area contributed by atoms with Gasteiger partial charge < -0.3 is 14.2 Å². The fourth-order valence-electron chi connectivity index (χ4n) is 3.66. The van der Waals surface area contributed by atoms with Crippen LogP contribution in [0, 0.1) is 10.1 Å². The summed E-state index contributed by atoms with van der Waals surface area (Å²) in [6, 6.07) is 17.2. The van der Waals surface area contributed by atoms with Crippen molar-refractivity contribution in [1.29, 1.82) is 0 Å². The second-order valence-electron chi connectivity index (χ2n) is 7.94. The van der Waals surface area contributed by atoms with Crippen LogP contribution in [0.5, 0.6) is 17.2 Å². The number of hydrogen-bond acceptors (Lipinski definition) is 10. The predicted molar refractivity (Wildman–Crippen MR) is 151 cm³/mol. The lowest BCUT2D eigenvalue weighted by Gasteiger charge is -2.15. The van der Waals surface area contributed by atoms with Crippen molar-refractivity contribution in [2.75, 3.05) is 27.1 Å². The molecule has 0 spiro atoms. The summed E-state index contributed by atoms with van der Waals surface area (Å²) in [6.45, 7) is 0. The Balaban J connectivity index is 1.56. The molecule has 0 radical (unpaired) electrons. The molecule has 1 heterocycles. The first kappa shape index (κ1) is 28.4. The van der Waals surface area contributed by atoms with Crippen molar-refractivity contribution in [3.05, 3.63) is 81.4 Å². The molecule has 0 aliphatic carbocycles. The van der Waals surface area contributed by atoms with Gasteiger partial charge in [-0.05, 0) is 30.3 Å². The maximum Gasteiger partial charge on any atom is 0.288 e. The largest absolute Gasteiger partial charge is 0.493 e. The minimum atomic E-state index is -0.593. The molecule has 1 N–H and O–H groups in total. The first-order chi connectivity index (χ1) is 19.4. The van der Waals surface area contributed by atoms with Gasteiger partial charge in [0.15, 0.2) is 22.5 Å². The Morgan fingerprint density at radius 2 is 1.77 bits per heavy atom. The number of nitro benzene ring substituents is 1. The van der Waals surface area contributed by atoms with E-state index in [0.29, 0.717) is 39.4 Å². The lowest BCUT2D eigenvalue weighted by Crippen LogP contribution is -2.20. The standard InChI is InChI=1S/C26H23ClN6O6S/c1-37-21-12-17(13-22(38-2)24(21)39-3)25-30-31-26(32(25)18-7-5-4-6-8-18)40-15-23(34)29-28-14-16-9-10-19(27)20(11-16)33(35)36/h4-14H,15H2,1-3H3,(H,29,34)/b28-14+. The van der Waals surface area contributed by atoms with Gasteiger partial charge in [-0.25, -0.2) is 5.43 Å². The minimum absolute atomic E-state index is 0.0102. The number of thioether (sulfide) groups is 1. The average Bonchev–Trinajstić information content (AvgIpc) is 3.40. The Hall–Kier alpha value is -4.62. The third-order valence-corrected chi connectivity index (χ3v) is 6.72. The number of para-hydroxylation sites is 1. The van der Waals surface area contributed by atoms with E-state index in [1.54, 1.807) is 18.2 Å². The first-order valence-electron chi connectivity index (χ1n) is 11.6. The minimum Gasteiger partial charge on any atom is -0.493 e. The van der Waals surface area contributed by atoms with Crippen LogP contribution in [-0.4, -0.2) is 58.9 Å². The van der Waals surface area contributed by atoms with E-state index in [9.17, 15) is 14.9 Å². The Morgan fingerprint density at radius 1 is 1.07 bits per heavy atom. The molecule has 40 heavy (non-hydrogen) atoms. The smallest absolute Gasteiger partial charge is 0.288 e. The van der Waals surface area contributed by atoms with Gasteiger partial charge in [-0.3, -0.25) is 19.5 Å². The maximum absolute atomic E-state index is 12.5. The monoisotopic (exact) mass is 582 g/mol. The molecular formula is C26H23ClN6O6S. The molecule has 0 unspecified atom stereocenters. The van der Waals surface area contributed by atoms with Crippen molar-refractivity contribution in [2.45, 2.75) is 5.16 Å². The van der Waals surface area contributed by atoms with E-state index in [1.807, 2.05) is 34.9 Å². The van der Waals surface area contributed by atoms with Crippen LogP contribution >= 0.6 is 23.4 Å². The highest BCUT2D eigenvalue weighted by molar-refractivity contribution is 7.99. The quantitative estimate of drug-likeness (QED) is 0.114. The van der Waals surface area contributed by atoms with Crippen molar-refractivity contribution in [3.63, 3.8) is 0 Å². The molecule has 206 valence electrons. The molecule has 0 aliphatic heterocycles. The molecule has 1 amide bonds. The molecule has 0 saturated heterocycles. The third-order valence-electron chi connectivity index (χ3n) is 5.47. The average molecular weight is 583 g/mol. The van der Waals surface area contributed by atoms with Gasteiger partial charge in [-0.15, -0.1) is 10.2 Å². The number of amides is 1. The van der Waals surface area contributed by atoms with Crippen LogP contribution in [0.25, 0.3) is 17.1 Å². The number of carbonyl (C=O) groups excluding carboxylic acids is 1. The number of hydrogen-bond donors (Lipinski definition) is 1. The highest BCUT2D eigenvalue weighted by atomic mass is 35.5. The zero-order valence-electron chi connectivity index (χ0n) is 21.5. The summed E-state index contributed by atoms with van der Waals surface area (Å²) in [7, 11) is 4.58. The van der Waals surface area contributed by atoms with Crippen molar-refractivity contribution >= 4 is 41.2 Å². The molecule has 3 aromatic carbocycles. The van der Waals surface area contributed by atoms with Gasteiger partial charge in [-0.1, -0.05) is 47.6 Å². The van der Waals surface area contributed by atoms with Crippen molar-refractivity contribution in [2.24, 2.45) is 5.10 Å². The van der Waals surface area contributed by atoms with Gasteiger partial charge in [0, 0.05) is 22.9 Å². The molecular weight excluding hydrogens is 560 g/mol. The SMILES string of the molecule is COc1cc(-c2nnc(SCC(=O)N/N=C/c3ccc(Cl)c([N+](=O)[O-])c3)n2-c2ccccc2)cc(OC)c1OC. The van der Waals surface area contributed by atoms with Gasteiger partial charge in [-0.2, -0.15) is 5.10 Å². The van der Waals surface area contributed by atoms with Gasteiger partial charge in [0.1, 0.15) is 5.02 Å². The van der Waals surface area contributed by atoms with Crippen LogP contribution in [0.2, 0.25) is 5.02 Å². The lowest BCUT2D eigenvalue weighted by molar-refractivity contribution is -0.384. The maximum atomic E-state index is 12.5. The van der Waals surface area contributed by atoms with E-state index in [1.165, 1.54) is 39.7 Å². The summed E-state index contributed by atoms with van der Waals surface area (Å²) in [5.41, 5.74) is 3.99. The molecule has 0 atom stereocenters. The third kappa shape index (κ3) is 6.33. The fraction of sp³-hybridized carbons (Fsp3) is 0.154. The van der Waals surface area contributed by atoms with Gasteiger partial charge >= 0.3 is 0 Å². The van der Waals surface area contributed by atoms with Crippen molar-refractivity contribution in [3.8, 4) is 34.3 Å². The number of hydrazone groups is 1. The predicted octanol–water partition coefficient (Wildman–Crippen LogP) is 4.76. The van der Waals surface area contributed by atoms with Crippen LogP contribution in [0.15, 0.2) is 70.9 Å². The van der Waals surface area contributed by atoms with Gasteiger partial charge in [0.25, 0.3) is 11.6 Å². The molecule has 12 nitrogen and oxygen atoms in total. The van der Waals surface area contributed by atoms with Crippen LogP contribution in [0.1, 0.15) is 5.56 Å². The van der Waals surface area contributed by atoms with E-state index in [-0.39, 0.29) is 16.5 Å². The van der Waals surface area contributed by atoms with E-state index in [0.717, 1.165) is 17.4 Å². The van der Waals surface area contributed by atoms with Gasteiger partial charge in [0.2, 0.25) is 5.75 Å². The van der Waals surface area contributed by atoms with E-state index in [4.69, 9.17) is 25.8 Å². The van der Waals surface area contributed by atoms with Crippen LogP contribution in [-0.2, 0) is 4.79 Å². The van der Waals surface area contributed by atoms with E-state index in [2.05, 4.69) is 20.7 Å². The molecule has 0 saturated carbocycles. The zero-order valence-corrected chi connectivity index (χ0v) is 23.1. The summed E-state index contributed by atoms with van der Waals surface area (Å²) in [5, 5.41) is 24.1. The van der Waals surface area contributed by atoms with E-state index < -0.39 is 10.8 Å². The molecule has 0 bridgehead atoms. The molecule has 14 heteroatoms. The van der Waals surface area contributed by atoms with Crippen LogP contribution in [0.3, 0.4) is 0 Å². The van der Waals surface area contributed by atoms with Crippen molar-refractivity contribution < 1.29 is 23.9 Å². The molecule has 4 aromatic rings. The summed E-state index contributed by atoms with van der Waals surface area (Å²) in [6.07, 6.45) is 1.29. The topological polar surface area (TPSA) is 143 Å². The number of nitro groups is 1. The molecule has 0 aliphatic rings. The summed E-state index contributed by atoms with van der Waals surface area (Å²) in [4.78, 5) is 23.0. The number of halogens is 1. The van der Waals surface area contributed by atoms with E-state index >= 15 is 0 Å². The van der Waals surface area contributed by atoms with Crippen LogP contribution < -0.4 is 19.6 Å². The second kappa shape index (κ2) is 13.0. The number of benzene rings is 3. The van der Waals surface area contributed by atoms with Gasteiger partial charge in [0.05, 0.1) is 38.2 Å². The number of rotatable bonds is 11. The Kier molecular flexibility index (Phi) is 9.19. The number of carbonyl (C=O) groups is 1. The number of nitrogens with one attached hydrogen (secondary N) is 1. The van der Waals surface area contributed by atoms with Crippen LogP contribution in [0.4, 0.5) is 5.69 Å². The fourth-order valence-corrected chi connectivity index (χ4v) is 4.59. The Labute approximate surface area is 238 Å². The normalized spacial score (nSPS) is 10.9. The number of aromatic nitrogens is 3. The Morgan fingerprint density at radius 3 is 2.40 bits per heavy atom. The molecule has 1 aromatic heterocycles.